The Morgan fingerprint density at radius 1 is 1.22 bits per heavy atom. The van der Waals surface area contributed by atoms with E-state index in [1.165, 1.54) is 6.07 Å². The van der Waals surface area contributed by atoms with Crippen molar-refractivity contribution in [3.8, 4) is 0 Å². The summed E-state index contributed by atoms with van der Waals surface area (Å²) >= 11 is 0. The van der Waals surface area contributed by atoms with Gasteiger partial charge in [0.1, 0.15) is 5.76 Å². The molecule has 0 spiro atoms. The van der Waals surface area contributed by atoms with Crippen molar-refractivity contribution in [3.63, 3.8) is 0 Å². The number of nitrogens with one attached hydrogen (secondary N) is 1. The summed E-state index contributed by atoms with van der Waals surface area (Å²) in [5.41, 5.74) is 0.840. The molecule has 0 aliphatic rings. The molecule has 23 heavy (non-hydrogen) atoms. The van der Waals surface area contributed by atoms with Crippen molar-refractivity contribution in [2.45, 2.75) is 26.4 Å². The molecule has 6 nitrogen and oxygen atoms in total. The minimum Gasteiger partial charge on any atom is -0.468 e. The fraction of sp³-hybridized carbons (Fsp3) is 0.412. The molecule has 0 fully saturated rings. The Bertz CT molecular complexity index is 609. The smallest absolute Gasteiger partial charge is 0.273 e. The van der Waals surface area contributed by atoms with E-state index in [0.717, 1.165) is 18.8 Å². The summed E-state index contributed by atoms with van der Waals surface area (Å²) in [5, 5.41) is 14.4. The third-order valence-electron chi connectivity index (χ3n) is 3.97. The van der Waals surface area contributed by atoms with E-state index in [4.69, 9.17) is 4.42 Å². The molecule has 1 aromatic heterocycles. The summed E-state index contributed by atoms with van der Waals surface area (Å²) in [6.07, 6.45) is 1.67. The number of nitro groups is 1. The van der Waals surface area contributed by atoms with E-state index in [2.05, 4.69) is 24.1 Å². The fourth-order valence-electron chi connectivity index (χ4n) is 2.74. The highest BCUT2D eigenvalue weighted by atomic mass is 16.6. The first-order valence-corrected chi connectivity index (χ1v) is 7.87. The van der Waals surface area contributed by atoms with Crippen LogP contribution in [0, 0.1) is 10.1 Å². The molecule has 0 saturated carbocycles. The quantitative estimate of drug-likeness (QED) is 0.567. The van der Waals surface area contributed by atoms with Crippen LogP contribution in [-0.4, -0.2) is 29.5 Å². The van der Waals surface area contributed by atoms with Crippen molar-refractivity contribution < 1.29 is 9.34 Å². The number of nitrogens with zero attached hydrogens (tertiary/aromatic N) is 2. The number of hydrogen-bond donors (Lipinski definition) is 1. The molecular weight excluding hydrogens is 294 g/mol. The Kier molecular flexibility index (Phi) is 6.31. The summed E-state index contributed by atoms with van der Waals surface area (Å²) in [5.74, 6) is 0.906. The van der Waals surface area contributed by atoms with E-state index in [0.29, 0.717) is 18.7 Å². The summed E-state index contributed by atoms with van der Waals surface area (Å²) < 4.78 is 5.56. The van der Waals surface area contributed by atoms with E-state index in [-0.39, 0.29) is 16.7 Å². The number of benzene rings is 1. The van der Waals surface area contributed by atoms with Gasteiger partial charge in [-0.25, -0.2) is 0 Å². The number of para-hydroxylation sites is 1. The maximum absolute atomic E-state index is 11.1. The number of hydrogen-bond acceptors (Lipinski definition) is 5. The van der Waals surface area contributed by atoms with Gasteiger partial charge in [-0.2, -0.15) is 0 Å². The molecule has 1 unspecified atom stereocenters. The van der Waals surface area contributed by atoms with Gasteiger partial charge in [0.15, 0.2) is 0 Å². The molecule has 1 heterocycles. The van der Waals surface area contributed by atoms with Crippen LogP contribution in [0.3, 0.4) is 0 Å². The van der Waals surface area contributed by atoms with Gasteiger partial charge in [-0.05, 0) is 25.2 Å². The number of furan rings is 1. The zero-order valence-electron chi connectivity index (χ0n) is 13.6. The first kappa shape index (κ1) is 17.2. The SMILES string of the molecule is CCN(CC)C(CNCc1ccccc1[N+](=O)[O-])c1ccco1. The molecule has 1 aromatic carbocycles. The number of likely N-dealkylation sites (N-methyl/N-ethyl adjacent to an activating group) is 1. The summed E-state index contributed by atoms with van der Waals surface area (Å²) in [6.45, 7) is 7.17. The topological polar surface area (TPSA) is 71.5 Å². The van der Waals surface area contributed by atoms with Gasteiger partial charge in [0, 0.05) is 24.7 Å². The number of rotatable bonds is 9. The molecule has 0 aliphatic heterocycles. The Labute approximate surface area is 136 Å². The molecule has 6 heteroatoms. The number of nitro benzene ring substituents is 1. The minimum absolute atomic E-state index is 0.114. The van der Waals surface area contributed by atoms with E-state index in [1.54, 1.807) is 18.4 Å². The van der Waals surface area contributed by atoms with Crippen molar-refractivity contribution >= 4 is 5.69 Å². The molecule has 0 aliphatic carbocycles. The minimum atomic E-state index is -0.342. The van der Waals surface area contributed by atoms with Gasteiger partial charge in [-0.3, -0.25) is 15.0 Å². The normalized spacial score (nSPS) is 12.5. The molecule has 2 rings (SSSR count). The van der Waals surface area contributed by atoms with Crippen molar-refractivity contribution in [1.29, 1.82) is 0 Å². The van der Waals surface area contributed by atoms with Crippen LogP contribution < -0.4 is 5.32 Å². The lowest BCUT2D eigenvalue weighted by Gasteiger charge is -2.28. The average molecular weight is 317 g/mol. The van der Waals surface area contributed by atoms with Crippen molar-refractivity contribution in [1.82, 2.24) is 10.2 Å². The third kappa shape index (κ3) is 4.40. The first-order chi connectivity index (χ1) is 11.2. The maximum Gasteiger partial charge on any atom is 0.273 e. The highest BCUT2D eigenvalue weighted by Crippen LogP contribution is 2.21. The Balaban J connectivity index is 2.04. The van der Waals surface area contributed by atoms with Crippen LogP contribution in [0.4, 0.5) is 5.69 Å². The van der Waals surface area contributed by atoms with E-state index < -0.39 is 0 Å². The van der Waals surface area contributed by atoms with Gasteiger partial charge in [0.2, 0.25) is 0 Å². The van der Waals surface area contributed by atoms with Crippen LogP contribution in [0.25, 0.3) is 0 Å². The predicted octanol–water partition coefficient (Wildman–Crippen LogP) is 3.36. The Morgan fingerprint density at radius 2 is 1.96 bits per heavy atom. The lowest BCUT2D eigenvalue weighted by molar-refractivity contribution is -0.385. The molecule has 0 amide bonds. The summed E-state index contributed by atoms with van der Waals surface area (Å²) in [4.78, 5) is 13.0. The molecule has 0 bridgehead atoms. The lowest BCUT2D eigenvalue weighted by atomic mass is 10.1. The van der Waals surface area contributed by atoms with Crippen LogP contribution in [0.5, 0.6) is 0 Å². The monoisotopic (exact) mass is 317 g/mol. The Morgan fingerprint density at radius 3 is 2.57 bits per heavy atom. The van der Waals surface area contributed by atoms with Crippen LogP contribution in [0.15, 0.2) is 47.1 Å². The Hall–Kier alpha value is -2.18. The van der Waals surface area contributed by atoms with Crippen molar-refractivity contribution in [2.75, 3.05) is 19.6 Å². The molecule has 124 valence electrons. The largest absolute Gasteiger partial charge is 0.468 e. The summed E-state index contributed by atoms with van der Waals surface area (Å²) in [7, 11) is 0. The average Bonchev–Trinajstić information content (AvgIpc) is 3.08. The van der Waals surface area contributed by atoms with Gasteiger partial charge in [-0.1, -0.05) is 32.0 Å². The van der Waals surface area contributed by atoms with Crippen LogP contribution in [-0.2, 0) is 6.54 Å². The first-order valence-electron chi connectivity index (χ1n) is 7.87. The second kappa shape index (κ2) is 8.45. The predicted molar refractivity (Wildman–Crippen MR) is 89.2 cm³/mol. The standard InChI is InChI=1S/C17H23N3O3/c1-3-19(4-2)16(17-10-7-11-23-17)13-18-12-14-8-5-6-9-15(14)20(21)22/h5-11,16,18H,3-4,12-13H2,1-2H3. The molecular formula is C17H23N3O3. The third-order valence-corrected chi connectivity index (χ3v) is 3.97. The zero-order valence-corrected chi connectivity index (χ0v) is 13.6. The van der Waals surface area contributed by atoms with Crippen LogP contribution in [0.2, 0.25) is 0 Å². The highest BCUT2D eigenvalue weighted by Gasteiger charge is 2.20. The molecule has 1 N–H and O–H groups in total. The van der Waals surface area contributed by atoms with Crippen molar-refractivity contribution in [2.24, 2.45) is 0 Å². The van der Waals surface area contributed by atoms with E-state index in [9.17, 15) is 10.1 Å². The lowest BCUT2D eigenvalue weighted by Crippen LogP contribution is -2.35. The summed E-state index contributed by atoms with van der Waals surface area (Å²) in [6, 6.07) is 10.8. The van der Waals surface area contributed by atoms with Crippen LogP contribution >= 0.6 is 0 Å². The van der Waals surface area contributed by atoms with Crippen molar-refractivity contribution in [3.05, 3.63) is 64.1 Å². The molecule has 2 aromatic rings. The second-order valence-electron chi connectivity index (χ2n) is 5.27. The van der Waals surface area contributed by atoms with Gasteiger partial charge in [0.05, 0.1) is 17.2 Å². The van der Waals surface area contributed by atoms with Gasteiger partial charge in [0.25, 0.3) is 5.69 Å². The van der Waals surface area contributed by atoms with E-state index in [1.807, 2.05) is 18.2 Å². The molecule has 0 saturated heterocycles. The van der Waals surface area contributed by atoms with Gasteiger partial charge >= 0.3 is 0 Å². The molecule has 0 radical (unpaired) electrons. The van der Waals surface area contributed by atoms with Gasteiger partial charge < -0.3 is 9.73 Å². The van der Waals surface area contributed by atoms with E-state index >= 15 is 0 Å². The zero-order chi connectivity index (χ0) is 16.7. The van der Waals surface area contributed by atoms with Crippen LogP contribution in [0.1, 0.15) is 31.2 Å². The molecule has 1 atom stereocenters. The second-order valence-corrected chi connectivity index (χ2v) is 5.27. The maximum atomic E-state index is 11.1. The van der Waals surface area contributed by atoms with Gasteiger partial charge in [-0.15, -0.1) is 0 Å². The fourth-order valence-corrected chi connectivity index (χ4v) is 2.74. The highest BCUT2D eigenvalue weighted by molar-refractivity contribution is 5.39.